The maximum Gasteiger partial charge on any atom is 0.264 e. The maximum atomic E-state index is 13.6. The van der Waals surface area contributed by atoms with Crippen molar-refractivity contribution in [1.29, 1.82) is 0 Å². The first-order valence-corrected chi connectivity index (χ1v) is 12.9. The number of hydrogen-bond acceptors (Lipinski definition) is 4. The van der Waals surface area contributed by atoms with E-state index in [4.69, 9.17) is 16.3 Å². The summed E-state index contributed by atoms with van der Waals surface area (Å²) in [5.74, 6) is -0.0723. The van der Waals surface area contributed by atoms with Crippen molar-refractivity contribution in [1.82, 2.24) is 5.32 Å². The van der Waals surface area contributed by atoms with Crippen molar-refractivity contribution >= 4 is 44.0 Å². The summed E-state index contributed by atoms with van der Waals surface area (Å²) in [5.41, 5.74) is 1.20. The number of halogens is 1. The molecular weight excluding hydrogens is 484 g/mol. The highest BCUT2D eigenvalue weighted by atomic mass is 35.5. The largest absolute Gasteiger partial charge is 0.492 e. The van der Waals surface area contributed by atoms with Crippen LogP contribution in [0.2, 0.25) is 5.02 Å². The average molecular weight is 509 g/mol. The molecule has 0 aliphatic carbocycles. The van der Waals surface area contributed by atoms with Gasteiger partial charge in [-0.1, -0.05) is 60.1 Å². The SMILES string of the molecule is CCOc1ccccc1N(CC(=O)NCc1ccc2ccccc2c1)S(=O)(=O)c1ccc(Cl)cc1. The van der Waals surface area contributed by atoms with Gasteiger partial charge in [0.05, 0.1) is 17.2 Å². The predicted molar refractivity (Wildman–Crippen MR) is 139 cm³/mol. The van der Waals surface area contributed by atoms with Crippen molar-refractivity contribution in [3.05, 3.63) is 102 Å². The Labute approximate surface area is 210 Å². The molecule has 0 radical (unpaired) electrons. The van der Waals surface area contributed by atoms with Crippen LogP contribution in [0.15, 0.2) is 95.9 Å². The Hall–Kier alpha value is -3.55. The second-order valence-corrected chi connectivity index (χ2v) is 10.1. The Morgan fingerprint density at radius 1 is 0.914 bits per heavy atom. The van der Waals surface area contributed by atoms with Crippen LogP contribution in [0.4, 0.5) is 5.69 Å². The maximum absolute atomic E-state index is 13.6. The van der Waals surface area contributed by atoms with Crippen LogP contribution < -0.4 is 14.4 Å². The number of benzene rings is 4. The zero-order valence-electron chi connectivity index (χ0n) is 19.1. The summed E-state index contributed by atoms with van der Waals surface area (Å²) < 4.78 is 33.9. The van der Waals surface area contributed by atoms with Gasteiger partial charge < -0.3 is 10.1 Å². The van der Waals surface area contributed by atoms with Gasteiger partial charge in [0.25, 0.3) is 10.0 Å². The number of ether oxygens (including phenoxy) is 1. The molecule has 0 saturated heterocycles. The molecule has 6 nitrogen and oxygen atoms in total. The lowest BCUT2D eigenvalue weighted by molar-refractivity contribution is -0.119. The van der Waals surface area contributed by atoms with E-state index in [-0.39, 0.29) is 17.1 Å². The third-order valence-electron chi connectivity index (χ3n) is 5.43. The lowest BCUT2D eigenvalue weighted by atomic mass is 10.1. The number of anilines is 1. The average Bonchev–Trinajstić information content (AvgIpc) is 2.87. The molecule has 0 aliphatic heterocycles. The first-order chi connectivity index (χ1) is 16.9. The highest BCUT2D eigenvalue weighted by molar-refractivity contribution is 7.92. The van der Waals surface area contributed by atoms with E-state index >= 15 is 0 Å². The Kier molecular flexibility index (Phi) is 7.58. The number of carbonyl (C=O) groups is 1. The first kappa shape index (κ1) is 24.6. The number of nitrogens with zero attached hydrogens (tertiary/aromatic N) is 1. The van der Waals surface area contributed by atoms with Gasteiger partial charge in [-0.15, -0.1) is 0 Å². The Balaban J connectivity index is 1.60. The van der Waals surface area contributed by atoms with E-state index in [0.717, 1.165) is 20.6 Å². The molecule has 4 rings (SSSR count). The summed E-state index contributed by atoms with van der Waals surface area (Å²) in [7, 11) is -4.08. The van der Waals surface area contributed by atoms with Crippen LogP contribution in [-0.2, 0) is 21.4 Å². The zero-order chi connectivity index (χ0) is 24.8. The van der Waals surface area contributed by atoms with Crippen molar-refractivity contribution in [2.75, 3.05) is 17.5 Å². The van der Waals surface area contributed by atoms with E-state index in [1.54, 1.807) is 24.3 Å². The van der Waals surface area contributed by atoms with Gasteiger partial charge in [0.2, 0.25) is 5.91 Å². The fourth-order valence-corrected chi connectivity index (χ4v) is 5.27. The van der Waals surface area contributed by atoms with Gasteiger partial charge in [-0.3, -0.25) is 9.10 Å². The van der Waals surface area contributed by atoms with Crippen molar-refractivity contribution < 1.29 is 17.9 Å². The molecule has 0 atom stereocenters. The van der Waals surface area contributed by atoms with Crippen LogP contribution in [0.3, 0.4) is 0 Å². The van der Waals surface area contributed by atoms with Gasteiger partial charge in [-0.05, 0) is 65.7 Å². The number of carbonyl (C=O) groups excluding carboxylic acids is 1. The predicted octanol–water partition coefficient (Wildman–Crippen LogP) is 5.40. The van der Waals surface area contributed by atoms with Crippen LogP contribution in [0.1, 0.15) is 12.5 Å². The number of amides is 1. The lowest BCUT2D eigenvalue weighted by Crippen LogP contribution is -2.40. The van der Waals surface area contributed by atoms with Crippen molar-refractivity contribution in [2.24, 2.45) is 0 Å². The zero-order valence-corrected chi connectivity index (χ0v) is 20.7. The highest BCUT2D eigenvalue weighted by Crippen LogP contribution is 2.32. The summed E-state index contributed by atoms with van der Waals surface area (Å²) >= 11 is 5.95. The molecular formula is C27H25ClN2O4S. The van der Waals surface area contributed by atoms with E-state index < -0.39 is 22.5 Å². The Bertz CT molecular complexity index is 1440. The van der Waals surface area contributed by atoms with E-state index in [2.05, 4.69) is 5.32 Å². The smallest absolute Gasteiger partial charge is 0.264 e. The molecule has 4 aromatic carbocycles. The lowest BCUT2D eigenvalue weighted by Gasteiger charge is -2.26. The summed E-state index contributed by atoms with van der Waals surface area (Å²) in [5, 5.41) is 5.43. The first-order valence-electron chi connectivity index (χ1n) is 11.1. The number of fused-ring (bicyclic) bond motifs is 1. The van der Waals surface area contributed by atoms with Crippen molar-refractivity contribution in [3.8, 4) is 5.75 Å². The molecule has 0 aliphatic rings. The molecule has 4 aromatic rings. The third kappa shape index (κ3) is 5.75. The third-order valence-corrected chi connectivity index (χ3v) is 7.45. The molecule has 35 heavy (non-hydrogen) atoms. The fraction of sp³-hybridized carbons (Fsp3) is 0.148. The van der Waals surface area contributed by atoms with E-state index in [1.807, 2.05) is 49.4 Å². The second kappa shape index (κ2) is 10.8. The molecule has 0 heterocycles. The number of hydrogen-bond donors (Lipinski definition) is 1. The van der Waals surface area contributed by atoms with Gasteiger partial charge in [-0.2, -0.15) is 0 Å². The number of rotatable bonds is 9. The second-order valence-electron chi connectivity index (χ2n) is 7.82. The molecule has 0 unspecified atom stereocenters. The standard InChI is InChI=1S/C27H25ClN2O4S/c1-2-34-26-10-6-5-9-25(26)30(35(32,33)24-15-13-23(28)14-16-24)19-27(31)29-18-20-11-12-21-7-3-4-8-22(21)17-20/h3-17H,2,18-19H2,1H3,(H,29,31). The number of nitrogens with one attached hydrogen (secondary N) is 1. The topological polar surface area (TPSA) is 75.7 Å². The normalized spacial score (nSPS) is 11.3. The monoisotopic (exact) mass is 508 g/mol. The van der Waals surface area contributed by atoms with Crippen molar-refractivity contribution in [2.45, 2.75) is 18.4 Å². The van der Waals surface area contributed by atoms with Gasteiger partial charge in [0.1, 0.15) is 12.3 Å². The van der Waals surface area contributed by atoms with Crippen LogP contribution >= 0.6 is 11.6 Å². The van der Waals surface area contributed by atoms with Crippen molar-refractivity contribution in [3.63, 3.8) is 0 Å². The summed E-state index contributed by atoms with van der Waals surface area (Å²) in [4.78, 5) is 13.0. The van der Waals surface area contributed by atoms with E-state index in [0.29, 0.717) is 17.4 Å². The highest BCUT2D eigenvalue weighted by Gasteiger charge is 2.29. The summed E-state index contributed by atoms with van der Waals surface area (Å²) in [6, 6.07) is 26.5. The Morgan fingerprint density at radius 2 is 1.60 bits per heavy atom. The minimum atomic E-state index is -4.08. The molecule has 0 saturated carbocycles. The minimum Gasteiger partial charge on any atom is -0.492 e. The van der Waals surface area contributed by atoms with Gasteiger partial charge >= 0.3 is 0 Å². The van der Waals surface area contributed by atoms with Crippen LogP contribution in [-0.4, -0.2) is 27.5 Å². The van der Waals surface area contributed by atoms with E-state index in [1.165, 1.54) is 24.3 Å². The molecule has 0 fully saturated rings. The molecule has 0 bridgehead atoms. The minimum absolute atomic E-state index is 0.0236. The molecule has 1 amide bonds. The fourth-order valence-electron chi connectivity index (χ4n) is 3.71. The van der Waals surface area contributed by atoms with Gasteiger partial charge in [0, 0.05) is 11.6 Å². The van der Waals surface area contributed by atoms with Crippen LogP contribution in [0, 0.1) is 0 Å². The van der Waals surface area contributed by atoms with Crippen LogP contribution in [0.5, 0.6) is 5.75 Å². The molecule has 1 N–H and O–H groups in total. The van der Waals surface area contributed by atoms with Gasteiger partial charge in [-0.25, -0.2) is 8.42 Å². The van der Waals surface area contributed by atoms with Gasteiger partial charge in [0.15, 0.2) is 0 Å². The molecule has 0 spiro atoms. The Morgan fingerprint density at radius 3 is 2.34 bits per heavy atom. The number of sulfonamides is 1. The molecule has 0 aromatic heterocycles. The summed E-state index contributed by atoms with van der Waals surface area (Å²) in [6.45, 7) is 2.01. The summed E-state index contributed by atoms with van der Waals surface area (Å²) in [6.07, 6.45) is 0. The van der Waals surface area contributed by atoms with E-state index in [9.17, 15) is 13.2 Å². The molecule has 180 valence electrons. The molecule has 8 heteroatoms. The van der Waals surface area contributed by atoms with Crippen LogP contribution in [0.25, 0.3) is 10.8 Å². The quantitative estimate of drug-likeness (QED) is 0.328. The number of para-hydroxylation sites is 2.